The van der Waals surface area contributed by atoms with Gasteiger partial charge in [0, 0.05) is 13.2 Å². The average molecular weight is 367 g/mol. The third kappa shape index (κ3) is 7.15. The Morgan fingerprint density at radius 3 is 1.85 bits per heavy atom. The molecule has 0 aliphatic heterocycles. The first-order chi connectivity index (χ1) is 12.7. The van der Waals surface area contributed by atoms with Crippen molar-refractivity contribution in [1.29, 1.82) is 0 Å². The van der Waals surface area contributed by atoms with Crippen molar-refractivity contribution in [2.24, 2.45) is 23.7 Å². The zero-order valence-corrected chi connectivity index (χ0v) is 18.2. The average Bonchev–Trinajstić information content (AvgIpc) is 2.66. The second-order valence-electron chi connectivity index (χ2n) is 9.31. The summed E-state index contributed by atoms with van der Waals surface area (Å²) < 4.78 is 12.6. The second kappa shape index (κ2) is 12.4. The van der Waals surface area contributed by atoms with Crippen LogP contribution in [0.15, 0.2) is 0 Å². The maximum absolute atomic E-state index is 6.46. The summed E-state index contributed by atoms with van der Waals surface area (Å²) in [5, 5.41) is 0. The quantitative estimate of drug-likeness (QED) is 0.366. The number of unbranched alkanes of at least 4 members (excludes halogenated alkanes) is 3. The standard InChI is InChI=1S/C24H46O2/c1-5-7-9-10-21-11-13-22(14-12-21)18-26-24-16-15-23(19(3)20(24)4)25-17-8-6-2/h19-24H,5-18H2,1-4H3. The van der Waals surface area contributed by atoms with Crippen molar-refractivity contribution in [3.63, 3.8) is 0 Å². The van der Waals surface area contributed by atoms with Crippen LogP contribution < -0.4 is 0 Å². The molecule has 2 nitrogen and oxygen atoms in total. The van der Waals surface area contributed by atoms with Crippen LogP contribution in [0.1, 0.15) is 105 Å². The summed E-state index contributed by atoms with van der Waals surface area (Å²) in [4.78, 5) is 0. The molecule has 0 radical (unpaired) electrons. The van der Waals surface area contributed by atoms with Gasteiger partial charge in [-0.25, -0.2) is 0 Å². The molecule has 0 aromatic carbocycles. The van der Waals surface area contributed by atoms with Gasteiger partial charge in [-0.05, 0) is 55.8 Å². The van der Waals surface area contributed by atoms with Crippen molar-refractivity contribution in [3.8, 4) is 0 Å². The van der Waals surface area contributed by atoms with Crippen LogP contribution >= 0.6 is 0 Å². The minimum Gasteiger partial charge on any atom is -0.378 e. The van der Waals surface area contributed by atoms with Gasteiger partial charge in [-0.2, -0.15) is 0 Å². The van der Waals surface area contributed by atoms with Crippen molar-refractivity contribution in [1.82, 2.24) is 0 Å². The van der Waals surface area contributed by atoms with Gasteiger partial charge in [0.05, 0.1) is 12.2 Å². The lowest BCUT2D eigenvalue weighted by Gasteiger charge is -2.40. The van der Waals surface area contributed by atoms with Gasteiger partial charge in [0.15, 0.2) is 0 Å². The topological polar surface area (TPSA) is 18.5 Å². The highest BCUT2D eigenvalue weighted by Gasteiger charge is 2.35. The fourth-order valence-corrected chi connectivity index (χ4v) is 5.01. The maximum Gasteiger partial charge on any atom is 0.0605 e. The molecule has 2 saturated carbocycles. The highest BCUT2D eigenvalue weighted by Crippen LogP contribution is 2.36. The first kappa shape index (κ1) is 22.2. The van der Waals surface area contributed by atoms with Crippen LogP contribution in [0.2, 0.25) is 0 Å². The van der Waals surface area contributed by atoms with E-state index in [-0.39, 0.29) is 0 Å². The molecule has 26 heavy (non-hydrogen) atoms. The van der Waals surface area contributed by atoms with Gasteiger partial charge in [-0.15, -0.1) is 0 Å². The summed E-state index contributed by atoms with van der Waals surface area (Å²) in [6.45, 7) is 11.2. The molecule has 154 valence electrons. The van der Waals surface area contributed by atoms with Crippen LogP contribution in [0.5, 0.6) is 0 Å². The summed E-state index contributed by atoms with van der Waals surface area (Å²) in [5.74, 6) is 3.08. The lowest BCUT2D eigenvalue weighted by Crippen LogP contribution is -2.41. The molecule has 2 fully saturated rings. The Bertz CT molecular complexity index is 348. The Kier molecular flexibility index (Phi) is 10.6. The first-order valence-electron chi connectivity index (χ1n) is 11.9. The molecule has 0 aromatic heterocycles. The predicted octanol–water partition coefficient (Wildman–Crippen LogP) is 7.01. The molecule has 0 N–H and O–H groups in total. The Balaban J connectivity index is 1.63. The number of hydrogen-bond donors (Lipinski definition) is 0. The normalized spacial score (nSPS) is 35.5. The van der Waals surface area contributed by atoms with E-state index in [0.29, 0.717) is 24.0 Å². The predicted molar refractivity (Wildman–Crippen MR) is 112 cm³/mol. The van der Waals surface area contributed by atoms with Crippen molar-refractivity contribution in [2.75, 3.05) is 13.2 Å². The monoisotopic (exact) mass is 366 g/mol. The van der Waals surface area contributed by atoms with Crippen molar-refractivity contribution >= 4 is 0 Å². The summed E-state index contributed by atoms with van der Waals surface area (Å²) in [6.07, 6.45) is 17.1. The first-order valence-corrected chi connectivity index (χ1v) is 11.9. The van der Waals surface area contributed by atoms with Crippen LogP contribution in [-0.2, 0) is 9.47 Å². The largest absolute Gasteiger partial charge is 0.378 e. The van der Waals surface area contributed by atoms with Crippen LogP contribution in [0, 0.1) is 23.7 Å². The van der Waals surface area contributed by atoms with E-state index in [1.54, 1.807) is 0 Å². The Hall–Kier alpha value is -0.0800. The Labute approximate surface area is 163 Å². The molecule has 0 spiro atoms. The van der Waals surface area contributed by atoms with Gasteiger partial charge in [0.1, 0.15) is 0 Å². The highest BCUT2D eigenvalue weighted by molar-refractivity contribution is 4.85. The fraction of sp³-hybridized carbons (Fsp3) is 1.00. The highest BCUT2D eigenvalue weighted by atomic mass is 16.5. The van der Waals surface area contributed by atoms with Crippen molar-refractivity contribution in [2.45, 2.75) is 117 Å². The minimum atomic E-state index is 0.454. The molecular formula is C24H46O2. The molecule has 2 heteroatoms. The van der Waals surface area contributed by atoms with E-state index in [4.69, 9.17) is 9.47 Å². The van der Waals surface area contributed by atoms with Crippen molar-refractivity contribution < 1.29 is 9.47 Å². The Morgan fingerprint density at radius 1 is 0.654 bits per heavy atom. The lowest BCUT2D eigenvalue weighted by molar-refractivity contribution is -0.0993. The number of ether oxygens (including phenoxy) is 2. The molecule has 2 rings (SSSR count). The van der Waals surface area contributed by atoms with Crippen LogP contribution in [0.4, 0.5) is 0 Å². The van der Waals surface area contributed by atoms with Gasteiger partial charge in [0.2, 0.25) is 0 Å². The second-order valence-corrected chi connectivity index (χ2v) is 9.31. The van der Waals surface area contributed by atoms with E-state index < -0.39 is 0 Å². The van der Waals surface area contributed by atoms with E-state index in [1.165, 1.54) is 77.0 Å². The van der Waals surface area contributed by atoms with Gasteiger partial charge in [-0.3, -0.25) is 0 Å². The molecule has 2 aliphatic carbocycles. The van der Waals surface area contributed by atoms with Crippen molar-refractivity contribution in [3.05, 3.63) is 0 Å². The lowest BCUT2D eigenvalue weighted by atomic mass is 9.77. The number of rotatable bonds is 11. The maximum atomic E-state index is 6.46. The zero-order valence-electron chi connectivity index (χ0n) is 18.2. The molecule has 0 heterocycles. The molecule has 4 atom stereocenters. The number of hydrogen-bond acceptors (Lipinski definition) is 2. The third-order valence-corrected chi connectivity index (χ3v) is 7.30. The summed E-state index contributed by atoms with van der Waals surface area (Å²) in [6, 6.07) is 0. The summed E-state index contributed by atoms with van der Waals surface area (Å²) in [5.41, 5.74) is 0. The SMILES string of the molecule is CCCCCC1CCC(COC2CCC(OCCCC)C(C)C2C)CC1. The fourth-order valence-electron chi connectivity index (χ4n) is 5.01. The van der Waals surface area contributed by atoms with E-state index in [0.717, 1.165) is 25.0 Å². The molecule has 0 aromatic rings. The van der Waals surface area contributed by atoms with Gasteiger partial charge >= 0.3 is 0 Å². The van der Waals surface area contributed by atoms with Crippen LogP contribution in [-0.4, -0.2) is 25.4 Å². The van der Waals surface area contributed by atoms with Gasteiger partial charge in [-0.1, -0.05) is 72.6 Å². The van der Waals surface area contributed by atoms with E-state index >= 15 is 0 Å². The molecule has 2 aliphatic rings. The zero-order chi connectivity index (χ0) is 18.8. The smallest absolute Gasteiger partial charge is 0.0605 e. The summed E-state index contributed by atoms with van der Waals surface area (Å²) >= 11 is 0. The minimum absolute atomic E-state index is 0.454. The molecule has 4 unspecified atom stereocenters. The van der Waals surface area contributed by atoms with Crippen LogP contribution in [0.3, 0.4) is 0 Å². The van der Waals surface area contributed by atoms with E-state index in [9.17, 15) is 0 Å². The third-order valence-electron chi connectivity index (χ3n) is 7.30. The van der Waals surface area contributed by atoms with Gasteiger partial charge < -0.3 is 9.47 Å². The van der Waals surface area contributed by atoms with E-state index in [2.05, 4.69) is 27.7 Å². The van der Waals surface area contributed by atoms with E-state index in [1.807, 2.05) is 0 Å². The molecule has 0 amide bonds. The molecule has 0 saturated heterocycles. The van der Waals surface area contributed by atoms with Crippen LogP contribution in [0.25, 0.3) is 0 Å². The molecule has 0 bridgehead atoms. The Morgan fingerprint density at radius 2 is 1.23 bits per heavy atom. The molecular weight excluding hydrogens is 320 g/mol. The summed E-state index contributed by atoms with van der Waals surface area (Å²) in [7, 11) is 0. The van der Waals surface area contributed by atoms with Gasteiger partial charge in [0.25, 0.3) is 0 Å².